The van der Waals surface area contributed by atoms with Crippen LogP contribution in [-0.2, 0) is 16.6 Å². The number of halogens is 3. The molecule has 10 heteroatoms. The Morgan fingerprint density at radius 2 is 2.11 bits per heavy atom. The Morgan fingerprint density at radius 3 is 2.68 bits per heavy atom. The zero-order chi connectivity index (χ0) is 14.5. The first-order valence-electron chi connectivity index (χ1n) is 5.27. The first-order valence-corrected chi connectivity index (χ1v) is 7.74. The number of H-pyrrole nitrogens is 1. The maximum atomic E-state index is 11.9. The number of aromatic amines is 1. The van der Waals surface area contributed by atoms with E-state index in [4.69, 9.17) is 0 Å². The van der Waals surface area contributed by atoms with Gasteiger partial charge in [-0.2, -0.15) is 13.2 Å². The van der Waals surface area contributed by atoms with Gasteiger partial charge in [0.25, 0.3) is 0 Å². The Morgan fingerprint density at radius 1 is 1.42 bits per heavy atom. The second-order valence-corrected chi connectivity index (χ2v) is 6.51. The Labute approximate surface area is 113 Å². The van der Waals surface area contributed by atoms with Crippen molar-refractivity contribution in [3.05, 3.63) is 18.0 Å². The molecule has 0 aliphatic rings. The van der Waals surface area contributed by atoms with Crippen molar-refractivity contribution in [3.63, 3.8) is 0 Å². The van der Waals surface area contributed by atoms with Crippen molar-refractivity contribution in [2.45, 2.75) is 16.9 Å². The van der Waals surface area contributed by atoms with Crippen molar-refractivity contribution in [3.8, 4) is 0 Å². The Bertz CT molecular complexity index is 499. The number of hydrogen-bond acceptors (Lipinski definition) is 4. The molecule has 1 heterocycles. The first-order chi connectivity index (χ1) is 8.74. The smallest absolute Gasteiger partial charge is 0.363 e. The van der Waals surface area contributed by atoms with Crippen LogP contribution in [0.5, 0.6) is 0 Å². The molecule has 0 radical (unpaired) electrons. The van der Waals surface area contributed by atoms with Crippen LogP contribution in [0.1, 0.15) is 5.69 Å². The van der Waals surface area contributed by atoms with Gasteiger partial charge >= 0.3 is 5.51 Å². The predicted octanol–water partition coefficient (Wildman–Crippen LogP) is 1.27. The summed E-state index contributed by atoms with van der Waals surface area (Å²) >= 11 is -0.262. The molecule has 0 atom stereocenters. The average molecular weight is 317 g/mol. The molecule has 0 unspecified atom stereocenters. The SMILES string of the molecule is CNCc1cc(S(=O)(=O)NCCSC(F)(F)F)c[nH]1. The maximum absolute atomic E-state index is 11.9. The highest BCUT2D eigenvalue weighted by molar-refractivity contribution is 8.00. The maximum Gasteiger partial charge on any atom is 0.441 e. The van der Waals surface area contributed by atoms with Crippen LogP contribution in [0.15, 0.2) is 17.2 Å². The van der Waals surface area contributed by atoms with E-state index in [9.17, 15) is 21.6 Å². The topological polar surface area (TPSA) is 74.0 Å². The zero-order valence-corrected chi connectivity index (χ0v) is 11.7. The van der Waals surface area contributed by atoms with Crippen molar-refractivity contribution in [1.82, 2.24) is 15.0 Å². The van der Waals surface area contributed by atoms with Gasteiger partial charge < -0.3 is 10.3 Å². The first kappa shape index (κ1) is 16.3. The summed E-state index contributed by atoms with van der Waals surface area (Å²) in [6.07, 6.45) is 1.30. The zero-order valence-electron chi connectivity index (χ0n) is 10.0. The lowest BCUT2D eigenvalue weighted by Gasteiger charge is -2.06. The molecule has 5 nitrogen and oxygen atoms in total. The highest BCUT2D eigenvalue weighted by Crippen LogP contribution is 2.29. The van der Waals surface area contributed by atoms with Crippen LogP contribution in [0, 0.1) is 0 Å². The van der Waals surface area contributed by atoms with Crippen LogP contribution in [0.4, 0.5) is 13.2 Å². The van der Waals surface area contributed by atoms with Gasteiger partial charge in [0.15, 0.2) is 0 Å². The lowest BCUT2D eigenvalue weighted by molar-refractivity contribution is -0.0327. The molecule has 110 valence electrons. The van der Waals surface area contributed by atoms with E-state index in [0.29, 0.717) is 12.2 Å². The molecule has 0 aliphatic heterocycles. The molecule has 0 spiro atoms. The van der Waals surface area contributed by atoms with Crippen molar-refractivity contribution >= 4 is 21.8 Å². The third kappa shape index (κ3) is 5.85. The third-order valence-corrected chi connectivity index (χ3v) is 4.23. The lowest BCUT2D eigenvalue weighted by atomic mass is 10.4. The van der Waals surface area contributed by atoms with Crippen molar-refractivity contribution in [1.29, 1.82) is 0 Å². The van der Waals surface area contributed by atoms with Gasteiger partial charge in [-0.1, -0.05) is 0 Å². The van der Waals surface area contributed by atoms with E-state index >= 15 is 0 Å². The molecule has 1 aromatic rings. The van der Waals surface area contributed by atoms with Crippen molar-refractivity contribution in [2.24, 2.45) is 0 Å². The van der Waals surface area contributed by atoms with Gasteiger partial charge in [0.05, 0.1) is 4.90 Å². The van der Waals surface area contributed by atoms with E-state index in [0.717, 1.165) is 0 Å². The quantitative estimate of drug-likeness (QED) is 0.662. The fourth-order valence-electron chi connectivity index (χ4n) is 1.29. The molecule has 0 saturated carbocycles. The third-order valence-electron chi connectivity index (χ3n) is 2.05. The fourth-order valence-corrected chi connectivity index (χ4v) is 2.91. The second-order valence-electron chi connectivity index (χ2n) is 3.58. The van der Waals surface area contributed by atoms with Crippen molar-refractivity contribution in [2.75, 3.05) is 19.3 Å². The average Bonchev–Trinajstić information content (AvgIpc) is 2.73. The normalized spacial score (nSPS) is 12.8. The molecule has 19 heavy (non-hydrogen) atoms. The molecule has 0 aromatic carbocycles. The fraction of sp³-hybridized carbons (Fsp3) is 0.556. The largest absolute Gasteiger partial charge is 0.441 e. The van der Waals surface area contributed by atoms with E-state index in [1.54, 1.807) is 7.05 Å². The van der Waals surface area contributed by atoms with Gasteiger partial charge in [-0.3, -0.25) is 0 Å². The van der Waals surface area contributed by atoms with Crippen LogP contribution in [-0.4, -0.2) is 38.3 Å². The summed E-state index contributed by atoms with van der Waals surface area (Å²) in [4.78, 5) is 2.77. The number of aromatic nitrogens is 1. The van der Waals surface area contributed by atoms with Gasteiger partial charge in [0.2, 0.25) is 10.0 Å². The lowest BCUT2D eigenvalue weighted by Crippen LogP contribution is -2.26. The molecule has 3 N–H and O–H groups in total. The molecule has 1 rings (SSSR count). The van der Waals surface area contributed by atoms with Crippen LogP contribution in [0.2, 0.25) is 0 Å². The number of hydrogen-bond donors (Lipinski definition) is 3. The summed E-state index contributed by atoms with van der Waals surface area (Å²) in [5.41, 5.74) is -3.67. The summed E-state index contributed by atoms with van der Waals surface area (Å²) in [6.45, 7) is 0.193. The number of rotatable bonds is 7. The minimum absolute atomic E-state index is 0.00904. The van der Waals surface area contributed by atoms with Gasteiger partial charge in [-0.05, 0) is 24.9 Å². The van der Waals surface area contributed by atoms with Gasteiger partial charge in [-0.25, -0.2) is 13.1 Å². The minimum Gasteiger partial charge on any atom is -0.363 e. The predicted molar refractivity (Wildman–Crippen MR) is 67.3 cm³/mol. The van der Waals surface area contributed by atoms with E-state index in [2.05, 4.69) is 15.0 Å². The van der Waals surface area contributed by atoms with E-state index < -0.39 is 15.5 Å². The standard InChI is InChI=1S/C9H14F3N3O2S2/c1-13-5-7-4-8(6-14-7)19(16,17)15-2-3-18-9(10,11)12/h4,6,13-15H,2-3,5H2,1H3. The molecular weight excluding hydrogens is 303 g/mol. The van der Waals surface area contributed by atoms with Gasteiger partial charge in [-0.15, -0.1) is 0 Å². The molecular formula is C9H14F3N3O2S2. The molecule has 0 saturated heterocycles. The summed E-state index contributed by atoms with van der Waals surface area (Å²) in [5.74, 6) is -0.365. The van der Waals surface area contributed by atoms with Crippen LogP contribution in [0.25, 0.3) is 0 Å². The number of sulfonamides is 1. The summed E-state index contributed by atoms with van der Waals surface area (Å²) < 4.78 is 61.2. The summed E-state index contributed by atoms with van der Waals surface area (Å²) in [7, 11) is -2.06. The minimum atomic E-state index is -4.35. The molecule has 0 aliphatic carbocycles. The summed E-state index contributed by atoms with van der Waals surface area (Å²) in [5, 5.41) is 2.84. The van der Waals surface area contributed by atoms with E-state index in [-0.39, 0.29) is 29.0 Å². The van der Waals surface area contributed by atoms with Crippen LogP contribution >= 0.6 is 11.8 Å². The van der Waals surface area contributed by atoms with E-state index in [1.807, 2.05) is 0 Å². The molecule has 0 fully saturated rings. The van der Waals surface area contributed by atoms with Gasteiger partial charge in [0, 0.05) is 30.7 Å². The number of thioether (sulfide) groups is 1. The molecule has 0 bridgehead atoms. The van der Waals surface area contributed by atoms with Crippen molar-refractivity contribution < 1.29 is 21.6 Å². The monoisotopic (exact) mass is 317 g/mol. The number of nitrogens with one attached hydrogen (secondary N) is 3. The number of alkyl halides is 3. The van der Waals surface area contributed by atoms with E-state index in [1.165, 1.54) is 12.3 Å². The Kier molecular flexibility index (Phi) is 5.71. The highest BCUT2D eigenvalue weighted by atomic mass is 32.2. The Balaban J connectivity index is 2.51. The van der Waals surface area contributed by atoms with Crippen LogP contribution in [0.3, 0.4) is 0 Å². The van der Waals surface area contributed by atoms with Gasteiger partial charge in [0.1, 0.15) is 0 Å². The highest BCUT2D eigenvalue weighted by Gasteiger charge is 2.27. The Hall–Kier alpha value is -0.710. The molecule has 1 aromatic heterocycles. The second kappa shape index (κ2) is 6.64. The molecule has 0 amide bonds. The summed E-state index contributed by atoms with van der Waals surface area (Å²) in [6, 6.07) is 1.43. The van der Waals surface area contributed by atoms with Crippen LogP contribution < -0.4 is 10.0 Å².